The van der Waals surface area contributed by atoms with E-state index in [-0.39, 0.29) is 0 Å². The number of aromatic carboxylic acids is 1. The van der Waals surface area contributed by atoms with Gasteiger partial charge in [-0.05, 0) is 23.3 Å². The first kappa shape index (κ1) is 15.4. The quantitative estimate of drug-likeness (QED) is 0.788. The van der Waals surface area contributed by atoms with E-state index in [1.165, 1.54) is 0 Å². The van der Waals surface area contributed by atoms with Crippen molar-refractivity contribution >= 4 is 5.97 Å². The van der Waals surface area contributed by atoms with Crippen molar-refractivity contribution in [1.29, 1.82) is 5.26 Å². The van der Waals surface area contributed by atoms with Gasteiger partial charge in [-0.1, -0.05) is 42.5 Å². The van der Waals surface area contributed by atoms with Crippen molar-refractivity contribution in [3.05, 3.63) is 77.7 Å². The molecule has 0 radical (unpaired) electrons. The maximum Gasteiger partial charge on any atom is 0.338 e. The summed E-state index contributed by atoms with van der Waals surface area (Å²) in [4.78, 5) is 15.0. The summed E-state index contributed by atoms with van der Waals surface area (Å²) in [6, 6.07) is 17.9. The van der Waals surface area contributed by atoms with Crippen LogP contribution in [0.25, 0.3) is 22.4 Å². The maximum absolute atomic E-state index is 13.5. The highest BCUT2D eigenvalue weighted by molar-refractivity contribution is 5.89. The van der Waals surface area contributed by atoms with Crippen LogP contribution in [0, 0.1) is 17.1 Å². The van der Waals surface area contributed by atoms with Crippen molar-refractivity contribution in [2.75, 3.05) is 0 Å². The zero-order chi connectivity index (χ0) is 17.1. The van der Waals surface area contributed by atoms with E-state index in [0.717, 1.165) is 23.4 Å². The highest BCUT2D eigenvalue weighted by Gasteiger charge is 2.14. The minimum Gasteiger partial charge on any atom is -0.478 e. The number of nitrogens with zero attached hydrogens (tertiary/aromatic N) is 2. The van der Waals surface area contributed by atoms with Gasteiger partial charge in [0.15, 0.2) is 5.82 Å². The summed E-state index contributed by atoms with van der Waals surface area (Å²) < 4.78 is 13.5. The molecule has 1 heterocycles. The number of pyridine rings is 1. The first-order chi connectivity index (χ1) is 11.6. The molecule has 0 bridgehead atoms. The van der Waals surface area contributed by atoms with Crippen LogP contribution in [0.3, 0.4) is 0 Å². The van der Waals surface area contributed by atoms with Crippen molar-refractivity contribution in [3.8, 4) is 28.5 Å². The lowest BCUT2D eigenvalue weighted by Gasteiger charge is -2.08. The van der Waals surface area contributed by atoms with E-state index in [1.54, 1.807) is 18.2 Å². The highest BCUT2D eigenvalue weighted by atomic mass is 19.1. The normalized spacial score (nSPS) is 10.2. The number of hydrogen-bond acceptors (Lipinski definition) is 3. The van der Waals surface area contributed by atoms with Crippen molar-refractivity contribution < 1.29 is 14.3 Å². The number of carbonyl (C=O) groups is 1. The molecule has 24 heavy (non-hydrogen) atoms. The Morgan fingerprint density at radius 2 is 1.83 bits per heavy atom. The first-order valence-electron chi connectivity index (χ1n) is 7.09. The summed E-state index contributed by atoms with van der Waals surface area (Å²) in [5.74, 6) is -2.26. The molecule has 0 amide bonds. The molecule has 1 aromatic heterocycles. The zero-order valence-corrected chi connectivity index (χ0v) is 12.4. The Morgan fingerprint density at radius 1 is 1.08 bits per heavy atom. The van der Waals surface area contributed by atoms with Crippen LogP contribution in [0.1, 0.15) is 15.9 Å². The van der Waals surface area contributed by atoms with Gasteiger partial charge in [0, 0.05) is 5.56 Å². The molecule has 2 aromatic carbocycles. The average Bonchev–Trinajstić information content (AvgIpc) is 2.62. The predicted molar refractivity (Wildman–Crippen MR) is 86.7 cm³/mol. The van der Waals surface area contributed by atoms with Gasteiger partial charge in [-0.2, -0.15) is 5.26 Å². The molecule has 4 nitrogen and oxygen atoms in total. The van der Waals surface area contributed by atoms with Gasteiger partial charge in [0.25, 0.3) is 0 Å². The van der Waals surface area contributed by atoms with Gasteiger partial charge >= 0.3 is 5.97 Å². The summed E-state index contributed by atoms with van der Waals surface area (Å²) in [6.45, 7) is 0. The lowest BCUT2D eigenvalue weighted by molar-refractivity contribution is 0.0691. The number of carboxylic acid groups (broad SMARTS) is 1. The molecule has 0 atom stereocenters. The molecular weight excluding hydrogens is 307 g/mol. The third-order valence-electron chi connectivity index (χ3n) is 3.61. The number of aromatic nitrogens is 1. The van der Waals surface area contributed by atoms with Crippen molar-refractivity contribution in [1.82, 2.24) is 4.98 Å². The molecule has 0 unspecified atom stereocenters. The Bertz CT molecular complexity index is 963. The highest BCUT2D eigenvalue weighted by Crippen LogP contribution is 2.28. The van der Waals surface area contributed by atoms with E-state index in [1.807, 2.05) is 30.3 Å². The molecule has 0 fully saturated rings. The molecule has 0 saturated carbocycles. The van der Waals surface area contributed by atoms with Crippen LogP contribution in [0.15, 0.2) is 60.8 Å². The van der Waals surface area contributed by atoms with E-state index >= 15 is 0 Å². The largest absolute Gasteiger partial charge is 0.478 e. The fraction of sp³-hybridized carbons (Fsp3) is 0. The molecule has 0 aliphatic heterocycles. The Hall–Kier alpha value is -3.52. The molecule has 5 heteroatoms. The first-order valence-corrected chi connectivity index (χ1v) is 7.09. The second kappa shape index (κ2) is 6.31. The Balaban J connectivity index is 2.10. The number of nitriles is 1. The van der Waals surface area contributed by atoms with Crippen LogP contribution in [0.2, 0.25) is 0 Å². The van der Waals surface area contributed by atoms with Crippen LogP contribution >= 0.6 is 0 Å². The Kier molecular flexibility index (Phi) is 4.04. The number of benzene rings is 2. The maximum atomic E-state index is 13.5. The van der Waals surface area contributed by atoms with Crippen LogP contribution < -0.4 is 0 Å². The van der Waals surface area contributed by atoms with E-state index < -0.39 is 17.3 Å². The van der Waals surface area contributed by atoms with Gasteiger partial charge in [0.1, 0.15) is 0 Å². The minimum atomic E-state index is -1.36. The molecule has 3 rings (SSSR count). The Morgan fingerprint density at radius 3 is 2.50 bits per heavy atom. The van der Waals surface area contributed by atoms with Crippen LogP contribution in [0.4, 0.5) is 4.39 Å². The van der Waals surface area contributed by atoms with Crippen LogP contribution in [-0.2, 0) is 0 Å². The number of rotatable bonds is 3. The molecule has 116 valence electrons. The second-order valence-electron chi connectivity index (χ2n) is 5.09. The molecule has 1 N–H and O–H groups in total. The number of halogens is 1. The van der Waals surface area contributed by atoms with Crippen LogP contribution in [0.5, 0.6) is 0 Å². The minimum absolute atomic E-state index is 0.296. The summed E-state index contributed by atoms with van der Waals surface area (Å²) in [6.07, 6.45) is 0.871. The second-order valence-corrected chi connectivity index (χ2v) is 5.09. The molecule has 0 aliphatic rings. The third-order valence-corrected chi connectivity index (χ3v) is 3.61. The van der Waals surface area contributed by atoms with E-state index in [9.17, 15) is 14.4 Å². The summed E-state index contributed by atoms with van der Waals surface area (Å²) in [5, 5.41) is 18.4. The topological polar surface area (TPSA) is 74.0 Å². The molecule has 0 saturated heterocycles. The Labute approximate surface area is 137 Å². The lowest BCUT2D eigenvalue weighted by Crippen LogP contribution is -2.02. The molecule has 0 aliphatic carbocycles. The van der Waals surface area contributed by atoms with Gasteiger partial charge in [-0.15, -0.1) is 0 Å². The molecular formula is C19H11FN2O2. The fourth-order valence-electron chi connectivity index (χ4n) is 2.43. The van der Waals surface area contributed by atoms with Crippen molar-refractivity contribution in [3.63, 3.8) is 0 Å². The average molecular weight is 318 g/mol. The van der Waals surface area contributed by atoms with Gasteiger partial charge in [-0.25, -0.2) is 9.18 Å². The SMILES string of the molecule is N#Cc1cc(-c2cc(C(=O)O)c(F)cn2)ccc1-c1ccccc1. The smallest absolute Gasteiger partial charge is 0.338 e. The van der Waals surface area contributed by atoms with E-state index in [2.05, 4.69) is 11.1 Å². The van der Waals surface area contributed by atoms with Crippen molar-refractivity contribution in [2.24, 2.45) is 0 Å². The van der Waals surface area contributed by atoms with Gasteiger partial charge in [0.2, 0.25) is 0 Å². The van der Waals surface area contributed by atoms with Crippen molar-refractivity contribution in [2.45, 2.75) is 0 Å². The fourth-order valence-corrected chi connectivity index (χ4v) is 2.43. The number of carboxylic acids is 1. The van der Waals surface area contributed by atoms with Gasteiger partial charge in [0.05, 0.1) is 29.1 Å². The monoisotopic (exact) mass is 318 g/mol. The summed E-state index contributed by atoms with van der Waals surface area (Å²) >= 11 is 0. The summed E-state index contributed by atoms with van der Waals surface area (Å²) in [5.41, 5.74) is 2.49. The predicted octanol–water partition coefficient (Wildman–Crippen LogP) is 4.12. The molecule has 0 spiro atoms. The summed E-state index contributed by atoms with van der Waals surface area (Å²) in [7, 11) is 0. The van der Waals surface area contributed by atoms with E-state index in [4.69, 9.17) is 5.11 Å². The standard InChI is InChI=1S/C19H11FN2O2/c20-17-11-22-18(9-16(17)19(23)24)13-6-7-15(14(8-13)10-21)12-4-2-1-3-5-12/h1-9,11H,(H,23,24). The lowest BCUT2D eigenvalue weighted by atomic mass is 9.97. The molecule has 3 aromatic rings. The zero-order valence-electron chi connectivity index (χ0n) is 12.4. The third kappa shape index (κ3) is 2.85. The van der Waals surface area contributed by atoms with Gasteiger partial charge in [-0.3, -0.25) is 4.98 Å². The van der Waals surface area contributed by atoms with Crippen LogP contribution in [-0.4, -0.2) is 16.1 Å². The van der Waals surface area contributed by atoms with E-state index in [0.29, 0.717) is 16.8 Å². The number of hydrogen-bond donors (Lipinski definition) is 1. The van der Waals surface area contributed by atoms with Gasteiger partial charge < -0.3 is 5.11 Å².